The molecule has 1 heterocycles. The van der Waals surface area contributed by atoms with Crippen molar-refractivity contribution in [3.05, 3.63) is 17.0 Å². The monoisotopic (exact) mass is 199 g/mol. The molecule has 0 atom stereocenters. The minimum Gasteiger partial charge on any atom is -0.367 e. The lowest BCUT2D eigenvalue weighted by Crippen LogP contribution is -2.13. The van der Waals surface area contributed by atoms with Gasteiger partial charge in [0.2, 0.25) is 5.28 Å². The summed E-state index contributed by atoms with van der Waals surface area (Å²) in [7, 11) is 0. The van der Waals surface area contributed by atoms with Crippen LogP contribution in [0.3, 0.4) is 0 Å². The van der Waals surface area contributed by atoms with Gasteiger partial charge in [0.25, 0.3) is 0 Å². The Morgan fingerprint density at radius 1 is 1.62 bits per heavy atom. The Labute approximate surface area is 81.3 Å². The molecule has 0 spiro atoms. The lowest BCUT2D eigenvalue weighted by atomic mass is 10.3. The molecule has 70 valence electrons. The SMILES string of the molecule is CC(C)Nc1nc(Cl)ncc1C=O. The Morgan fingerprint density at radius 3 is 2.85 bits per heavy atom. The Hall–Kier alpha value is -1.16. The van der Waals surface area contributed by atoms with E-state index in [-0.39, 0.29) is 11.3 Å². The first-order chi connectivity index (χ1) is 6.13. The number of anilines is 1. The van der Waals surface area contributed by atoms with Gasteiger partial charge in [-0.15, -0.1) is 0 Å². The first-order valence-electron chi connectivity index (χ1n) is 3.87. The van der Waals surface area contributed by atoms with Gasteiger partial charge in [0, 0.05) is 12.2 Å². The molecule has 0 saturated carbocycles. The molecule has 0 aliphatic carbocycles. The normalized spacial score (nSPS) is 10.2. The summed E-state index contributed by atoms with van der Waals surface area (Å²) in [5.74, 6) is 0.477. The zero-order valence-electron chi connectivity index (χ0n) is 7.41. The van der Waals surface area contributed by atoms with E-state index in [1.165, 1.54) is 6.20 Å². The second-order valence-electron chi connectivity index (χ2n) is 2.86. The van der Waals surface area contributed by atoms with Crippen LogP contribution in [-0.4, -0.2) is 22.3 Å². The lowest BCUT2D eigenvalue weighted by Gasteiger charge is -2.10. The van der Waals surface area contributed by atoms with E-state index >= 15 is 0 Å². The van der Waals surface area contributed by atoms with Crippen molar-refractivity contribution < 1.29 is 4.79 Å². The fraction of sp³-hybridized carbons (Fsp3) is 0.375. The molecule has 4 nitrogen and oxygen atoms in total. The molecule has 13 heavy (non-hydrogen) atoms. The van der Waals surface area contributed by atoms with Gasteiger partial charge in [-0.1, -0.05) is 0 Å². The molecule has 0 fully saturated rings. The van der Waals surface area contributed by atoms with Crippen molar-refractivity contribution in [3.63, 3.8) is 0 Å². The molecule has 0 aliphatic rings. The number of nitrogens with zero attached hydrogens (tertiary/aromatic N) is 2. The smallest absolute Gasteiger partial charge is 0.224 e. The first kappa shape index (κ1) is 9.92. The third kappa shape index (κ3) is 2.66. The minimum atomic E-state index is 0.133. The van der Waals surface area contributed by atoms with Crippen LogP contribution >= 0.6 is 11.6 Å². The summed E-state index contributed by atoms with van der Waals surface area (Å²) in [5.41, 5.74) is 0.415. The molecule has 0 radical (unpaired) electrons. The summed E-state index contributed by atoms with van der Waals surface area (Å²) < 4.78 is 0. The minimum absolute atomic E-state index is 0.133. The van der Waals surface area contributed by atoms with E-state index in [4.69, 9.17) is 11.6 Å². The molecule has 0 amide bonds. The predicted molar refractivity (Wildman–Crippen MR) is 51.2 cm³/mol. The quantitative estimate of drug-likeness (QED) is 0.596. The molecule has 0 aliphatic heterocycles. The van der Waals surface area contributed by atoms with Crippen molar-refractivity contribution in [1.29, 1.82) is 0 Å². The summed E-state index contributed by atoms with van der Waals surface area (Å²) in [5, 5.41) is 3.13. The highest BCUT2D eigenvalue weighted by molar-refractivity contribution is 6.28. The van der Waals surface area contributed by atoms with E-state index in [0.717, 1.165) is 0 Å². The van der Waals surface area contributed by atoms with E-state index in [0.29, 0.717) is 17.7 Å². The maximum atomic E-state index is 10.6. The van der Waals surface area contributed by atoms with Crippen molar-refractivity contribution in [1.82, 2.24) is 9.97 Å². The fourth-order valence-corrected chi connectivity index (χ4v) is 0.978. The second-order valence-corrected chi connectivity index (χ2v) is 3.20. The number of carbonyl (C=O) groups is 1. The van der Waals surface area contributed by atoms with Crippen molar-refractivity contribution in [2.24, 2.45) is 0 Å². The van der Waals surface area contributed by atoms with Crippen LogP contribution in [0.25, 0.3) is 0 Å². The lowest BCUT2D eigenvalue weighted by molar-refractivity contribution is 0.112. The first-order valence-corrected chi connectivity index (χ1v) is 4.25. The molecule has 1 aromatic rings. The van der Waals surface area contributed by atoms with Crippen LogP contribution in [-0.2, 0) is 0 Å². The predicted octanol–water partition coefficient (Wildman–Crippen LogP) is 1.76. The third-order valence-corrected chi connectivity index (χ3v) is 1.52. The number of hydrogen-bond acceptors (Lipinski definition) is 4. The molecule has 0 unspecified atom stereocenters. The molecule has 1 rings (SSSR count). The Balaban J connectivity index is 3.01. The molecule has 0 bridgehead atoms. The largest absolute Gasteiger partial charge is 0.367 e. The Kier molecular flexibility index (Phi) is 3.19. The van der Waals surface area contributed by atoms with Crippen molar-refractivity contribution in [2.45, 2.75) is 19.9 Å². The average Bonchev–Trinajstić information content (AvgIpc) is 2.03. The fourth-order valence-electron chi connectivity index (χ4n) is 0.845. The van der Waals surface area contributed by atoms with Gasteiger partial charge in [-0.3, -0.25) is 4.79 Å². The summed E-state index contributed by atoms with van der Waals surface area (Å²) in [6.45, 7) is 3.90. The van der Waals surface area contributed by atoms with E-state index in [1.54, 1.807) is 0 Å². The van der Waals surface area contributed by atoms with Crippen LogP contribution in [0.1, 0.15) is 24.2 Å². The van der Waals surface area contributed by atoms with Gasteiger partial charge < -0.3 is 5.32 Å². The summed E-state index contributed by atoms with van der Waals surface area (Å²) in [6.07, 6.45) is 2.09. The van der Waals surface area contributed by atoms with Gasteiger partial charge in [0.05, 0.1) is 5.56 Å². The standard InChI is InChI=1S/C8H10ClN3O/c1-5(2)11-7-6(4-13)3-10-8(9)12-7/h3-5H,1-2H3,(H,10,11,12). The average molecular weight is 200 g/mol. The maximum absolute atomic E-state index is 10.6. The van der Waals surface area contributed by atoms with Crippen LogP contribution in [0, 0.1) is 0 Å². The number of aromatic nitrogens is 2. The third-order valence-electron chi connectivity index (χ3n) is 1.34. The number of rotatable bonds is 3. The second kappa shape index (κ2) is 4.18. The number of nitrogens with one attached hydrogen (secondary N) is 1. The zero-order valence-corrected chi connectivity index (χ0v) is 8.17. The highest BCUT2D eigenvalue weighted by Gasteiger charge is 2.05. The molecular formula is C8H10ClN3O. The number of hydrogen-bond donors (Lipinski definition) is 1. The van der Waals surface area contributed by atoms with Gasteiger partial charge in [-0.05, 0) is 25.4 Å². The molecule has 1 aromatic heterocycles. The molecule has 0 saturated heterocycles. The van der Waals surface area contributed by atoms with Gasteiger partial charge in [0.15, 0.2) is 6.29 Å². The van der Waals surface area contributed by atoms with Crippen LogP contribution in [0.4, 0.5) is 5.82 Å². The summed E-state index contributed by atoms with van der Waals surface area (Å²) in [4.78, 5) is 18.2. The van der Waals surface area contributed by atoms with Gasteiger partial charge in [-0.25, -0.2) is 9.97 Å². The Bertz CT molecular complexity index is 314. The number of halogens is 1. The highest BCUT2D eigenvalue weighted by Crippen LogP contribution is 2.12. The molecule has 0 aromatic carbocycles. The van der Waals surface area contributed by atoms with E-state index in [2.05, 4.69) is 15.3 Å². The number of carbonyl (C=O) groups excluding carboxylic acids is 1. The number of aldehydes is 1. The molecular weight excluding hydrogens is 190 g/mol. The van der Waals surface area contributed by atoms with Crippen molar-refractivity contribution in [3.8, 4) is 0 Å². The Morgan fingerprint density at radius 2 is 2.31 bits per heavy atom. The summed E-state index contributed by atoms with van der Waals surface area (Å²) in [6, 6.07) is 0.199. The maximum Gasteiger partial charge on any atom is 0.224 e. The highest BCUT2D eigenvalue weighted by atomic mass is 35.5. The van der Waals surface area contributed by atoms with E-state index < -0.39 is 0 Å². The van der Waals surface area contributed by atoms with E-state index in [1.807, 2.05) is 13.8 Å². The van der Waals surface area contributed by atoms with Crippen LogP contribution in [0.5, 0.6) is 0 Å². The van der Waals surface area contributed by atoms with Crippen molar-refractivity contribution >= 4 is 23.7 Å². The van der Waals surface area contributed by atoms with Crippen molar-refractivity contribution in [2.75, 3.05) is 5.32 Å². The van der Waals surface area contributed by atoms with Gasteiger partial charge in [0.1, 0.15) is 5.82 Å². The van der Waals surface area contributed by atoms with E-state index in [9.17, 15) is 4.79 Å². The summed E-state index contributed by atoms with van der Waals surface area (Å²) >= 11 is 5.58. The molecule has 5 heteroatoms. The van der Waals surface area contributed by atoms with Crippen LogP contribution in [0.2, 0.25) is 5.28 Å². The topological polar surface area (TPSA) is 54.9 Å². The zero-order chi connectivity index (χ0) is 9.84. The molecule has 1 N–H and O–H groups in total. The van der Waals surface area contributed by atoms with Gasteiger partial charge in [-0.2, -0.15) is 0 Å². The van der Waals surface area contributed by atoms with Crippen LogP contribution in [0.15, 0.2) is 6.20 Å². The van der Waals surface area contributed by atoms with Gasteiger partial charge >= 0.3 is 0 Å². The van der Waals surface area contributed by atoms with Crippen LogP contribution < -0.4 is 5.32 Å².